The summed E-state index contributed by atoms with van der Waals surface area (Å²) in [5.41, 5.74) is -1.20. The molecule has 0 bridgehead atoms. The average Bonchev–Trinajstić information content (AvgIpc) is 2.84. The maximum atomic E-state index is 14.9. The van der Waals surface area contributed by atoms with Gasteiger partial charge in [-0.15, -0.1) is 0 Å². The second kappa shape index (κ2) is 9.59. The van der Waals surface area contributed by atoms with Gasteiger partial charge in [0.15, 0.2) is 5.75 Å². The number of ether oxygens (including phenoxy) is 2. The minimum absolute atomic E-state index is 0.00224. The van der Waals surface area contributed by atoms with E-state index in [0.29, 0.717) is 10.8 Å². The Morgan fingerprint density at radius 2 is 1.83 bits per heavy atom. The number of hydrogen-bond acceptors (Lipinski definition) is 6. The van der Waals surface area contributed by atoms with Gasteiger partial charge in [-0.05, 0) is 48.9 Å². The third-order valence-electron chi connectivity index (χ3n) is 5.40. The van der Waals surface area contributed by atoms with Gasteiger partial charge in [0.25, 0.3) is 17.3 Å². The molecule has 180 valence electrons. The Hall–Kier alpha value is -4.18. The molecule has 2 aromatic carbocycles. The van der Waals surface area contributed by atoms with Crippen molar-refractivity contribution >= 4 is 28.4 Å². The second-order valence-electron chi connectivity index (χ2n) is 7.58. The number of benzene rings is 2. The van der Waals surface area contributed by atoms with Gasteiger partial charge in [-0.2, -0.15) is 4.98 Å². The summed E-state index contributed by atoms with van der Waals surface area (Å²) in [5, 5.41) is 3.10. The quantitative estimate of drug-likeness (QED) is 0.421. The fourth-order valence-corrected chi connectivity index (χ4v) is 3.70. The molecular formula is C24H20ClFN4O5. The van der Waals surface area contributed by atoms with E-state index >= 15 is 0 Å². The number of amides is 1. The van der Waals surface area contributed by atoms with Crippen LogP contribution in [0.4, 0.5) is 4.39 Å². The summed E-state index contributed by atoms with van der Waals surface area (Å²) in [4.78, 5) is 45.2. The molecule has 1 atom stereocenters. The fourth-order valence-electron chi connectivity index (χ4n) is 3.57. The highest BCUT2D eigenvalue weighted by Crippen LogP contribution is 2.25. The predicted molar refractivity (Wildman–Crippen MR) is 128 cm³/mol. The van der Waals surface area contributed by atoms with Crippen LogP contribution in [0.3, 0.4) is 0 Å². The molecule has 0 fully saturated rings. The zero-order valence-electron chi connectivity index (χ0n) is 18.9. The number of fused-ring (bicyclic) bond motifs is 1. The molecule has 0 aliphatic heterocycles. The van der Waals surface area contributed by atoms with Crippen molar-refractivity contribution in [3.63, 3.8) is 0 Å². The van der Waals surface area contributed by atoms with Crippen molar-refractivity contribution in [1.29, 1.82) is 0 Å². The van der Waals surface area contributed by atoms with Crippen molar-refractivity contribution in [1.82, 2.24) is 19.9 Å². The fraction of sp³-hybridized carbons (Fsp3) is 0.167. The van der Waals surface area contributed by atoms with Gasteiger partial charge >= 0.3 is 5.69 Å². The van der Waals surface area contributed by atoms with Crippen molar-refractivity contribution in [2.45, 2.75) is 13.0 Å². The minimum atomic E-state index is -0.922. The van der Waals surface area contributed by atoms with Crippen molar-refractivity contribution < 1.29 is 18.7 Å². The van der Waals surface area contributed by atoms with E-state index in [4.69, 9.17) is 21.1 Å². The van der Waals surface area contributed by atoms with Crippen LogP contribution in [0, 0.1) is 5.82 Å². The highest BCUT2D eigenvalue weighted by atomic mass is 35.5. The van der Waals surface area contributed by atoms with Crippen LogP contribution >= 0.6 is 11.6 Å². The third kappa shape index (κ3) is 4.60. The SMILES string of the molecule is COc1ccc(-n2c(=O)[nH]c3cc(C(=O)N[C@@H](C)c4ccc(Cl)cc4)c(F)cc3c2=O)nc1OC. The molecule has 2 aromatic heterocycles. The first-order chi connectivity index (χ1) is 16.7. The lowest BCUT2D eigenvalue weighted by Gasteiger charge is -2.15. The van der Waals surface area contributed by atoms with E-state index < -0.39 is 29.0 Å². The number of pyridine rings is 1. The van der Waals surface area contributed by atoms with E-state index in [-0.39, 0.29) is 28.2 Å². The van der Waals surface area contributed by atoms with Gasteiger partial charge in [-0.25, -0.2) is 13.8 Å². The number of aromatic amines is 1. The summed E-state index contributed by atoms with van der Waals surface area (Å²) in [6.45, 7) is 1.73. The standard InChI is InChI=1S/C24H20ClFN4O5/c1-12(13-4-6-14(25)7-5-13)27-21(31)15-11-18-16(10-17(15)26)23(32)30(24(33)28-18)20-9-8-19(34-2)22(29-20)35-3/h4-12H,1-3H3,(H,27,31)(H,28,33)/t12-/m0/s1. The number of methoxy groups -OCH3 is 2. The normalized spacial score (nSPS) is 11.8. The summed E-state index contributed by atoms with van der Waals surface area (Å²) in [7, 11) is 2.78. The Kier molecular flexibility index (Phi) is 6.57. The third-order valence-corrected chi connectivity index (χ3v) is 5.65. The number of H-pyrrole nitrogens is 1. The Morgan fingerprint density at radius 3 is 2.49 bits per heavy atom. The number of halogens is 2. The number of hydrogen-bond donors (Lipinski definition) is 2. The van der Waals surface area contributed by atoms with E-state index in [0.717, 1.165) is 22.3 Å². The van der Waals surface area contributed by atoms with Gasteiger partial charge in [0.05, 0.1) is 36.7 Å². The first kappa shape index (κ1) is 24.0. The highest BCUT2D eigenvalue weighted by Gasteiger charge is 2.20. The number of rotatable bonds is 6. The van der Waals surface area contributed by atoms with Crippen LogP contribution in [-0.4, -0.2) is 34.7 Å². The molecular weight excluding hydrogens is 479 g/mol. The Labute approximate surface area is 203 Å². The molecule has 4 aromatic rings. The van der Waals surface area contributed by atoms with Crippen LogP contribution in [0.2, 0.25) is 5.02 Å². The molecule has 1 amide bonds. The molecule has 35 heavy (non-hydrogen) atoms. The average molecular weight is 499 g/mol. The lowest BCUT2D eigenvalue weighted by atomic mass is 10.1. The van der Waals surface area contributed by atoms with E-state index in [1.165, 1.54) is 26.4 Å². The van der Waals surface area contributed by atoms with Gasteiger partial charge in [0.2, 0.25) is 0 Å². The topological polar surface area (TPSA) is 115 Å². The summed E-state index contributed by atoms with van der Waals surface area (Å²) in [5.74, 6) is -1.32. The van der Waals surface area contributed by atoms with Crippen molar-refractivity contribution in [3.05, 3.63) is 91.3 Å². The molecule has 0 saturated carbocycles. The van der Waals surface area contributed by atoms with E-state index in [1.54, 1.807) is 31.2 Å². The van der Waals surface area contributed by atoms with Crippen LogP contribution < -0.4 is 26.0 Å². The molecule has 4 rings (SSSR count). The van der Waals surface area contributed by atoms with Crippen LogP contribution in [0.5, 0.6) is 11.6 Å². The second-order valence-corrected chi connectivity index (χ2v) is 8.01. The van der Waals surface area contributed by atoms with Crippen LogP contribution in [0.25, 0.3) is 16.7 Å². The van der Waals surface area contributed by atoms with Crippen LogP contribution in [-0.2, 0) is 0 Å². The molecule has 0 aliphatic rings. The summed E-state index contributed by atoms with van der Waals surface area (Å²) in [6.07, 6.45) is 0. The minimum Gasteiger partial charge on any atom is -0.491 e. The van der Waals surface area contributed by atoms with E-state index in [1.807, 2.05) is 0 Å². The number of carbonyl (C=O) groups excluding carboxylic acids is 1. The molecule has 11 heteroatoms. The molecule has 2 N–H and O–H groups in total. The van der Waals surface area contributed by atoms with Gasteiger partial charge in [-0.3, -0.25) is 9.59 Å². The number of nitrogens with zero attached hydrogens (tertiary/aromatic N) is 2. The number of carbonyl (C=O) groups is 1. The first-order valence-electron chi connectivity index (χ1n) is 10.4. The van der Waals surface area contributed by atoms with Gasteiger partial charge in [0, 0.05) is 5.02 Å². The maximum Gasteiger partial charge on any atom is 0.334 e. The predicted octanol–water partition coefficient (Wildman–Crippen LogP) is 3.37. The summed E-state index contributed by atoms with van der Waals surface area (Å²) in [6, 6.07) is 11.3. The first-order valence-corrected chi connectivity index (χ1v) is 10.8. The zero-order chi connectivity index (χ0) is 25.3. The molecule has 0 saturated heterocycles. The Bertz CT molecular complexity index is 1550. The smallest absolute Gasteiger partial charge is 0.334 e. The zero-order valence-corrected chi connectivity index (χ0v) is 19.6. The van der Waals surface area contributed by atoms with Gasteiger partial charge in [-0.1, -0.05) is 23.7 Å². The van der Waals surface area contributed by atoms with Crippen molar-refractivity contribution in [2.75, 3.05) is 14.2 Å². The largest absolute Gasteiger partial charge is 0.491 e. The summed E-state index contributed by atoms with van der Waals surface area (Å²) < 4.78 is 25.9. The van der Waals surface area contributed by atoms with E-state index in [9.17, 15) is 18.8 Å². The molecule has 0 radical (unpaired) electrons. The monoisotopic (exact) mass is 498 g/mol. The maximum absolute atomic E-state index is 14.9. The number of aromatic nitrogens is 3. The highest BCUT2D eigenvalue weighted by molar-refractivity contribution is 6.30. The van der Waals surface area contributed by atoms with E-state index in [2.05, 4.69) is 15.3 Å². The molecule has 0 spiro atoms. The summed E-state index contributed by atoms with van der Waals surface area (Å²) >= 11 is 5.89. The van der Waals surface area contributed by atoms with Crippen LogP contribution in [0.15, 0.2) is 58.1 Å². The molecule has 2 heterocycles. The molecule has 0 unspecified atom stereocenters. The lowest BCUT2D eigenvalue weighted by molar-refractivity contribution is 0.0936. The lowest BCUT2D eigenvalue weighted by Crippen LogP contribution is -2.34. The Balaban J connectivity index is 1.73. The van der Waals surface area contributed by atoms with Crippen molar-refractivity contribution in [3.8, 4) is 17.4 Å². The van der Waals surface area contributed by atoms with Crippen LogP contribution in [0.1, 0.15) is 28.9 Å². The van der Waals surface area contributed by atoms with Crippen molar-refractivity contribution in [2.24, 2.45) is 0 Å². The number of nitrogens with one attached hydrogen (secondary N) is 2. The Morgan fingerprint density at radius 1 is 1.11 bits per heavy atom. The van der Waals surface area contributed by atoms with Gasteiger partial charge < -0.3 is 19.8 Å². The van der Waals surface area contributed by atoms with Gasteiger partial charge in [0.1, 0.15) is 11.6 Å². The molecule has 9 nitrogen and oxygen atoms in total. The molecule has 0 aliphatic carbocycles.